The Morgan fingerprint density at radius 1 is 1.45 bits per heavy atom. The number of carbonyl (C=O) groups excluding carboxylic acids is 1. The van der Waals surface area contributed by atoms with E-state index in [9.17, 15) is 4.79 Å². The second-order valence-corrected chi connectivity index (χ2v) is 6.65. The minimum absolute atomic E-state index is 0.00400. The van der Waals surface area contributed by atoms with Crippen LogP contribution in [0.5, 0.6) is 0 Å². The van der Waals surface area contributed by atoms with Crippen molar-refractivity contribution in [3.63, 3.8) is 0 Å². The maximum absolute atomic E-state index is 12.3. The topological polar surface area (TPSA) is 51.2 Å². The lowest BCUT2D eigenvalue weighted by Gasteiger charge is -2.19. The molecule has 2 atom stereocenters. The molecule has 22 heavy (non-hydrogen) atoms. The summed E-state index contributed by atoms with van der Waals surface area (Å²) in [5.74, 6) is -0.153. The van der Waals surface area contributed by atoms with Gasteiger partial charge < -0.3 is 10.1 Å². The van der Waals surface area contributed by atoms with E-state index in [0.29, 0.717) is 10.7 Å². The number of ether oxygens (including phenoxy) is 1. The number of aromatic nitrogens is 1. The number of amides is 1. The molecule has 6 heteroatoms. The molecule has 1 fully saturated rings. The van der Waals surface area contributed by atoms with Gasteiger partial charge >= 0.3 is 0 Å². The van der Waals surface area contributed by atoms with Gasteiger partial charge in [0.05, 0.1) is 12.1 Å². The summed E-state index contributed by atoms with van der Waals surface area (Å²) in [6, 6.07) is 7.43. The molecule has 2 aromatic rings. The summed E-state index contributed by atoms with van der Waals surface area (Å²) in [4.78, 5) is 16.7. The standard InChI is InChI=1S/C16H17ClN2O2S/c1-10(14-3-2-8-21-14)18-15(20)13-9-22-16(19-13)11-4-6-12(17)7-5-11/h4-7,9-10,14H,2-3,8H2,1H3,(H,18,20)/t10-,14+/m1/s1. The summed E-state index contributed by atoms with van der Waals surface area (Å²) in [7, 11) is 0. The fourth-order valence-electron chi connectivity index (χ4n) is 2.47. The highest BCUT2D eigenvalue weighted by Crippen LogP contribution is 2.25. The second kappa shape index (κ2) is 6.77. The summed E-state index contributed by atoms with van der Waals surface area (Å²) in [6.45, 7) is 2.75. The minimum atomic E-state index is -0.153. The Labute approximate surface area is 138 Å². The summed E-state index contributed by atoms with van der Waals surface area (Å²) in [5, 5.41) is 6.25. The number of thiazole rings is 1. The number of halogens is 1. The fourth-order valence-corrected chi connectivity index (χ4v) is 3.41. The molecule has 1 saturated heterocycles. The van der Waals surface area contributed by atoms with Crippen LogP contribution in [0.15, 0.2) is 29.6 Å². The molecule has 1 amide bonds. The first-order valence-corrected chi connectivity index (χ1v) is 8.53. The molecular formula is C16H17ClN2O2S. The van der Waals surface area contributed by atoms with Crippen LogP contribution in [0.2, 0.25) is 5.02 Å². The molecule has 0 aliphatic carbocycles. The van der Waals surface area contributed by atoms with Crippen molar-refractivity contribution in [1.82, 2.24) is 10.3 Å². The van der Waals surface area contributed by atoms with Crippen molar-refractivity contribution in [1.29, 1.82) is 0 Å². The Bertz CT molecular complexity index is 650. The molecule has 0 spiro atoms. The highest BCUT2D eigenvalue weighted by Gasteiger charge is 2.24. The Hall–Kier alpha value is -1.43. The van der Waals surface area contributed by atoms with Gasteiger partial charge in [0.15, 0.2) is 0 Å². The van der Waals surface area contributed by atoms with Gasteiger partial charge in [0.1, 0.15) is 10.7 Å². The zero-order valence-electron chi connectivity index (χ0n) is 12.2. The average molecular weight is 337 g/mol. The average Bonchev–Trinajstić information content (AvgIpc) is 3.20. The quantitative estimate of drug-likeness (QED) is 0.924. The van der Waals surface area contributed by atoms with Crippen molar-refractivity contribution in [3.8, 4) is 10.6 Å². The number of rotatable bonds is 4. The Balaban J connectivity index is 1.67. The molecule has 1 aliphatic heterocycles. The lowest BCUT2D eigenvalue weighted by Crippen LogP contribution is -2.40. The zero-order valence-corrected chi connectivity index (χ0v) is 13.8. The molecule has 0 unspecified atom stereocenters. The number of hydrogen-bond donors (Lipinski definition) is 1. The molecule has 116 valence electrons. The van der Waals surface area contributed by atoms with Gasteiger partial charge in [-0.2, -0.15) is 0 Å². The van der Waals surface area contributed by atoms with Crippen LogP contribution >= 0.6 is 22.9 Å². The van der Waals surface area contributed by atoms with E-state index in [-0.39, 0.29) is 18.1 Å². The first-order chi connectivity index (χ1) is 10.6. The third-order valence-corrected chi connectivity index (χ3v) is 4.85. The van der Waals surface area contributed by atoms with E-state index in [1.165, 1.54) is 11.3 Å². The van der Waals surface area contributed by atoms with Gasteiger partial charge in [0.25, 0.3) is 5.91 Å². The summed E-state index contributed by atoms with van der Waals surface area (Å²) in [5.41, 5.74) is 1.40. The molecular weight excluding hydrogens is 320 g/mol. The second-order valence-electron chi connectivity index (χ2n) is 5.36. The third kappa shape index (κ3) is 3.48. The summed E-state index contributed by atoms with van der Waals surface area (Å²) >= 11 is 7.33. The van der Waals surface area contributed by atoms with Crippen LogP contribution in [-0.2, 0) is 4.74 Å². The van der Waals surface area contributed by atoms with E-state index >= 15 is 0 Å². The van der Waals surface area contributed by atoms with Gasteiger partial charge in [0, 0.05) is 22.6 Å². The monoisotopic (exact) mass is 336 g/mol. The Morgan fingerprint density at radius 2 is 2.23 bits per heavy atom. The molecule has 4 nitrogen and oxygen atoms in total. The number of hydrogen-bond acceptors (Lipinski definition) is 4. The molecule has 0 saturated carbocycles. The molecule has 1 aromatic heterocycles. The van der Waals surface area contributed by atoms with Crippen LogP contribution in [0.1, 0.15) is 30.3 Å². The highest BCUT2D eigenvalue weighted by molar-refractivity contribution is 7.13. The van der Waals surface area contributed by atoms with E-state index < -0.39 is 0 Å². The summed E-state index contributed by atoms with van der Waals surface area (Å²) < 4.78 is 5.59. The molecule has 1 N–H and O–H groups in total. The molecule has 3 rings (SSSR count). The number of nitrogens with one attached hydrogen (secondary N) is 1. The molecule has 1 aliphatic rings. The van der Waals surface area contributed by atoms with Gasteiger partial charge in [-0.3, -0.25) is 4.79 Å². The van der Waals surface area contributed by atoms with Crippen LogP contribution in [0.25, 0.3) is 10.6 Å². The van der Waals surface area contributed by atoms with Crippen molar-refractivity contribution >= 4 is 28.8 Å². The summed E-state index contributed by atoms with van der Waals surface area (Å²) in [6.07, 6.45) is 2.16. The van der Waals surface area contributed by atoms with E-state index in [4.69, 9.17) is 16.3 Å². The maximum atomic E-state index is 12.3. The number of benzene rings is 1. The normalized spacial score (nSPS) is 19.1. The van der Waals surface area contributed by atoms with Crippen molar-refractivity contribution in [2.24, 2.45) is 0 Å². The van der Waals surface area contributed by atoms with Crippen molar-refractivity contribution in [2.45, 2.75) is 31.9 Å². The van der Waals surface area contributed by atoms with Crippen LogP contribution in [0.3, 0.4) is 0 Å². The fraction of sp³-hybridized carbons (Fsp3) is 0.375. The maximum Gasteiger partial charge on any atom is 0.271 e. The van der Waals surface area contributed by atoms with Gasteiger partial charge in [-0.15, -0.1) is 11.3 Å². The predicted octanol–water partition coefficient (Wildman–Crippen LogP) is 3.76. The SMILES string of the molecule is C[C@@H](NC(=O)c1csc(-c2ccc(Cl)cc2)n1)[C@@H]1CCCO1. The van der Waals surface area contributed by atoms with Crippen molar-refractivity contribution < 1.29 is 9.53 Å². The molecule has 2 heterocycles. The molecule has 0 radical (unpaired) electrons. The largest absolute Gasteiger partial charge is 0.376 e. The van der Waals surface area contributed by atoms with Gasteiger partial charge in [0.2, 0.25) is 0 Å². The predicted molar refractivity (Wildman–Crippen MR) is 88.5 cm³/mol. The lowest BCUT2D eigenvalue weighted by molar-refractivity contribution is 0.0710. The first kappa shape index (κ1) is 15.5. The number of carbonyl (C=O) groups is 1. The minimum Gasteiger partial charge on any atom is -0.376 e. The van der Waals surface area contributed by atoms with Crippen LogP contribution < -0.4 is 5.32 Å². The van der Waals surface area contributed by atoms with Crippen LogP contribution in [-0.4, -0.2) is 29.6 Å². The van der Waals surface area contributed by atoms with Crippen molar-refractivity contribution in [3.05, 3.63) is 40.4 Å². The van der Waals surface area contributed by atoms with Crippen LogP contribution in [0.4, 0.5) is 0 Å². The smallest absolute Gasteiger partial charge is 0.271 e. The van der Waals surface area contributed by atoms with E-state index in [1.807, 2.05) is 31.2 Å². The zero-order chi connectivity index (χ0) is 15.5. The molecule has 1 aromatic carbocycles. The Kier molecular flexibility index (Phi) is 4.76. The van der Waals surface area contributed by atoms with Crippen molar-refractivity contribution in [2.75, 3.05) is 6.61 Å². The Morgan fingerprint density at radius 3 is 2.91 bits per heavy atom. The highest BCUT2D eigenvalue weighted by atomic mass is 35.5. The van der Waals surface area contributed by atoms with Gasteiger partial charge in [-0.25, -0.2) is 4.98 Å². The first-order valence-electron chi connectivity index (χ1n) is 7.27. The van der Waals surface area contributed by atoms with E-state index in [2.05, 4.69) is 10.3 Å². The van der Waals surface area contributed by atoms with Crippen LogP contribution in [0, 0.1) is 0 Å². The van der Waals surface area contributed by atoms with E-state index in [1.54, 1.807) is 5.38 Å². The van der Waals surface area contributed by atoms with Gasteiger partial charge in [-0.05, 0) is 31.9 Å². The van der Waals surface area contributed by atoms with E-state index in [0.717, 1.165) is 30.0 Å². The third-order valence-electron chi connectivity index (χ3n) is 3.71. The molecule has 0 bridgehead atoms. The van der Waals surface area contributed by atoms with Gasteiger partial charge in [-0.1, -0.05) is 23.7 Å². The lowest BCUT2D eigenvalue weighted by atomic mass is 10.1. The number of nitrogens with zero attached hydrogens (tertiary/aromatic N) is 1.